The maximum Gasteiger partial charge on any atom is 0.168 e. The van der Waals surface area contributed by atoms with Gasteiger partial charge in [0.1, 0.15) is 17.3 Å². The first-order valence-corrected chi connectivity index (χ1v) is 11.4. The van der Waals surface area contributed by atoms with Crippen molar-refractivity contribution in [1.82, 2.24) is 15.1 Å². The molecule has 1 N–H and O–H groups in total. The van der Waals surface area contributed by atoms with Crippen LogP contribution >= 0.6 is 0 Å². The number of hydrogen-bond acceptors (Lipinski definition) is 6. The number of halogens is 2. The monoisotopic (exact) mass is 462 g/mol. The molecular formula is C26H24F2N4O2. The lowest BCUT2D eigenvalue weighted by molar-refractivity contribution is 0.0948. The van der Waals surface area contributed by atoms with Gasteiger partial charge < -0.3 is 9.84 Å². The van der Waals surface area contributed by atoms with E-state index in [0.29, 0.717) is 40.3 Å². The van der Waals surface area contributed by atoms with Crippen molar-refractivity contribution >= 4 is 22.6 Å². The number of carbonyl (C=O) groups is 1. The van der Waals surface area contributed by atoms with Crippen LogP contribution in [0.25, 0.3) is 22.3 Å². The van der Waals surface area contributed by atoms with Crippen molar-refractivity contribution in [3.8, 4) is 11.3 Å². The van der Waals surface area contributed by atoms with Gasteiger partial charge in [0, 0.05) is 30.2 Å². The molecule has 0 aliphatic heterocycles. The fourth-order valence-electron chi connectivity index (χ4n) is 4.66. The molecule has 5 rings (SSSR count). The van der Waals surface area contributed by atoms with Crippen molar-refractivity contribution in [2.45, 2.75) is 45.1 Å². The quantitative estimate of drug-likeness (QED) is 0.348. The van der Waals surface area contributed by atoms with Gasteiger partial charge in [-0.15, -0.1) is 0 Å². The summed E-state index contributed by atoms with van der Waals surface area (Å²) in [6.45, 7) is 1.78. The Kier molecular flexibility index (Phi) is 6.04. The summed E-state index contributed by atoms with van der Waals surface area (Å²) < 4.78 is 32.3. The van der Waals surface area contributed by atoms with Crippen LogP contribution in [-0.2, 0) is 0 Å². The van der Waals surface area contributed by atoms with Crippen LogP contribution in [-0.4, -0.2) is 26.9 Å². The average molecular weight is 463 g/mol. The van der Waals surface area contributed by atoms with Gasteiger partial charge in [-0.2, -0.15) is 0 Å². The highest BCUT2D eigenvalue weighted by Crippen LogP contribution is 2.32. The van der Waals surface area contributed by atoms with E-state index in [2.05, 4.69) is 20.4 Å². The molecule has 0 saturated heterocycles. The molecule has 2 heterocycles. The zero-order valence-corrected chi connectivity index (χ0v) is 18.7. The van der Waals surface area contributed by atoms with Gasteiger partial charge in [0.15, 0.2) is 17.4 Å². The van der Waals surface area contributed by atoms with Crippen molar-refractivity contribution < 1.29 is 18.1 Å². The number of aromatic nitrogens is 3. The summed E-state index contributed by atoms with van der Waals surface area (Å²) in [5.74, 6) is -0.460. The number of hydrogen-bond donors (Lipinski definition) is 1. The summed E-state index contributed by atoms with van der Waals surface area (Å²) in [5, 5.41) is 7.48. The predicted molar refractivity (Wildman–Crippen MR) is 124 cm³/mol. The van der Waals surface area contributed by atoms with E-state index in [-0.39, 0.29) is 17.7 Å². The fourth-order valence-corrected chi connectivity index (χ4v) is 4.66. The second-order valence-corrected chi connectivity index (χ2v) is 8.83. The molecule has 174 valence electrons. The standard InChI is InChI=1S/C26H24F2N4O2/c1-15-25(26(32-34-15)17-5-3-2-4-6-17)23(33)11-16-7-9-18(10-8-16)30-24-14-29-21-12-19(27)20(28)13-22(21)31-24/h2-6,12-14,16,18H,7-11H2,1H3,(H,30,31). The first-order chi connectivity index (χ1) is 16.5. The zero-order chi connectivity index (χ0) is 23.7. The molecule has 1 fully saturated rings. The Hall–Kier alpha value is -3.68. The van der Waals surface area contributed by atoms with E-state index < -0.39 is 11.6 Å². The van der Waals surface area contributed by atoms with E-state index in [0.717, 1.165) is 43.4 Å². The van der Waals surface area contributed by atoms with E-state index in [1.54, 1.807) is 6.92 Å². The summed E-state index contributed by atoms with van der Waals surface area (Å²) >= 11 is 0. The first-order valence-electron chi connectivity index (χ1n) is 11.4. The summed E-state index contributed by atoms with van der Waals surface area (Å²) in [7, 11) is 0. The van der Waals surface area contributed by atoms with E-state index in [9.17, 15) is 13.6 Å². The Morgan fingerprint density at radius 2 is 1.76 bits per heavy atom. The topological polar surface area (TPSA) is 80.9 Å². The number of aryl methyl sites for hydroxylation is 1. The molecular weight excluding hydrogens is 438 g/mol. The highest BCUT2D eigenvalue weighted by Gasteiger charge is 2.27. The van der Waals surface area contributed by atoms with Crippen LogP contribution in [0.5, 0.6) is 0 Å². The van der Waals surface area contributed by atoms with Crippen LogP contribution in [0.15, 0.2) is 53.2 Å². The summed E-state index contributed by atoms with van der Waals surface area (Å²) in [4.78, 5) is 21.7. The maximum absolute atomic E-state index is 13.5. The minimum Gasteiger partial charge on any atom is -0.366 e. The number of anilines is 1. The highest BCUT2D eigenvalue weighted by molar-refractivity contribution is 6.02. The molecule has 8 heteroatoms. The van der Waals surface area contributed by atoms with E-state index in [1.165, 1.54) is 6.20 Å². The second-order valence-electron chi connectivity index (χ2n) is 8.83. The molecule has 2 aromatic heterocycles. The maximum atomic E-state index is 13.5. The molecule has 0 bridgehead atoms. The predicted octanol–water partition coefficient (Wildman–Crippen LogP) is 6.12. The first kappa shape index (κ1) is 22.1. The fraction of sp³-hybridized carbons (Fsp3) is 0.308. The minimum absolute atomic E-state index is 0.0590. The molecule has 34 heavy (non-hydrogen) atoms. The van der Waals surface area contributed by atoms with Gasteiger partial charge in [0.05, 0.1) is 22.8 Å². The molecule has 1 aliphatic carbocycles. The Morgan fingerprint density at radius 1 is 1.06 bits per heavy atom. The molecule has 0 spiro atoms. The SMILES string of the molecule is Cc1onc(-c2ccccc2)c1C(=O)CC1CCC(Nc2cnc3cc(F)c(F)cc3n2)CC1. The molecule has 1 saturated carbocycles. The summed E-state index contributed by atoms with van der Waals surface area (Å²) in [5.41, 5.74) is 2.66. The lowest BCUT2D eigenvalue weighted by Gasteiger charge is -2.29. The van der Waals surface area contributed by atoms with Gasteiger partial charge in [-0.05, 0) is 38.5 Å². The summed E-state index contributed by atoms with van der Waals surface area (Å²) in [6.07, 6.45) is 5.54. The van der Waals surface area contributed by atoms with Crippen LogP contribution in [0.4, 0.5) is 14.6 Å². The molecule has 0 radical (unpaired) electrons. The van der Waals surface area contributed by atoms with Crippen molar-refractivity contribution in [3.05, 3.63) is 71.6 Å². The normalized spacial score (nSPS) is 18.2. The van der Waals surface area contributed by atoms with Gasteiger partial charge in [0.25, 0.3) is 0 Å². The molecule has 1 aliphatic rings. The number of Topliss-reactive ketones (excluding diaryl/α,β-unsaturated/α-hetero) is 1. The largest absolute Gasteiger partial charge is 0.366 e. The molecule has 0 amide bonds. The van der Waals surface area contributed by atoms with Crippen molar-refractivity contribution in [1.29, 1.82) is 0 Å². The number of rotatable bonds is 6. The van der Waals surface area contributed by atoms with Crippen molar-refractivity contribution in [2.75, 3.05) is 5.32 Å². The minimum atomic E-state index is -0.942. The van der Waals surface area contributed by atoms with Crippen LogP contribution in [0.2, 0.25) is 0 Å². The van der Waals surface area contributed by atoms with Gasteiger partial charge in [-0.25, -0.2) is 13.8 Å². The zero-order valence-electron chi connectivity index (χ0n) is 18.7. The lowest BCUT2D eigenvalue weighted by atomic mass is 9.82. The number of nitrogens with one attached hydrogen (secondary N) is 1. The van der Waals surface area contributed by atoms with Gasteiger partial charge in [-0.1, -0.05) is 35.5 Å². The number of nitrogens with zero attached hydrogens (tertiary/aromatic N) is 3. The number of benzene rings is 2. The molecule has 0 unspecified atom stereocenters. The lowest BCUT2D eigenvalue weighted by Crippen LogP contribution is -2.27. The Labute approximate surface area is 195 Å². The third-order valence-corrected chi connectivity index (χ3v) is 6.45. The molecule has 0 atom stereocenters. The average Bonchev–Trinajstić information content (AvgIpc) is 3.23. The Morgan fingerprint density at radius 3 is 2.50 bits per heavy atom. The van der Waals surface area contributed by atoms with Crippen molar-refractivity contribution in [3.63, 3.8) is 0 Å². The van der Waals surface area contributed by atoms with Crippen LogP contribution in [0.1, 0.15) is 48.2 Å². The number of carbonyl (C=O) groups excluding carboxylic acids is 1. The van der Waals surface area contributed by atoms with Gasteiger partial charge in [0.2, 0.25) is 0 Å². The third-order valence-electron chi connectivity index (χ3n) is 6.45. The third kappa shape index (κ3) is 4.53. The van der Waals surface area contributed by atoms with Gasteiger partial charge in [-0.3, -0.25) is 9.78 Å². The summed E-state index contributed by atoms with van der Waals surface area (Å²) in [6, 6.07) is 11.9. The Bertz CT molecular complexity index is 1330. The molecule has 4 aromatic rings. The Balaban J connectivity index is 1.20. The second kappa shape index (κ2) is 9.29. The molecule has 6 nitrogen and oxygen atoms in total. The van der Waals surface area contributed by atoms with Crippen LogP contribution < -0.4 is 5.32 Å². The smallest absolute Gasteiger partial charge is 0.168 e. The van der Waals surface area contributed by atoms with E-state index in [4.69, 9.17) is 4.52 Å². The molecule has 2 aromatic carbocycles. The van der Waals surface area contributed by atoms with Gasteiger partial charge >= 0.3 is 0 Å². The van der Waals surface area contributed by atoms with Crippen LogP contribution in [0, 0.1) is 24.5 Å². The van der Waals surface area contributed by atoms with E-state index >= 15 is 0 Å². The van der Waals surface area contributed by atoms with Crippen molar-refractivity contribution in [2.24, 2.45) is 5.92 Å². The highest BCUT2D eigenvalue weighted by atomic mass is 19.2. The van der Waals surface area contributed by atoms with Crippen LogP contribution in [0.3, 0.4) is 0 Å². The van der Waals surface area contributed by atoms with E-state index in [1.807, 2.05) is 30.3 Å². The number of fused-ring (bicyclic) bond motifs is 1. The number of ketones is 1.